The third-order valence-corrected chi connectivity index (χ3v) is 5.08. The van der Waals surface area contributed by atoms with Crippen LogP contribution in [0.25, 0.3) is 0 Å². The van der Waals surface area contributed by atoms with E-state index in [4.69, 9.17) is 0 Å². The van der Waals surface area contributed by atoms with E-state index in [-0.39, 0.29) is 10.5 Å². The number of halogens is 1. The van der Waals surface area contributed by atoms with Crippen molar-refractivity contribution in [2.75, 3.05) is 0 Å². The molecule has 0 saturated carbocycles. The van der Waals surface area contributed by atoms with Crippen molar-refractivity contribution in [2.45, 2.75) is 50.3 Å². The molecule has 2 heteroatoms. The maximum Gasteiger partial charge on any atom is 0.0321 e. The van der Waals surface area contributed by atoms with Crippen LogP contribution in [0.15, 0.2) is 30.3 Å². The first kappa shape index (κ1) is 15.7. The number of alkyl halides is 1. The van der Waals surface area contributed by atoms with Crippen LogP contribution >= 0.6 is 15.9 Å². The Bertz CT molecular complexity index is 280. The first-order valence-corrected chi connectivity index (χ1v) is 6.71. The highest BCUT2D eigenvalue weighted by Crippen LogP contribution is 2.43. The van der Waals surface area contributed by atoms with Crippen LogP contribution in [0.2, 0.25) is 0 Å². The fourth-order valence-corrected chi connectivity index (χ4v) is 2.92. The van der Waals surface area contributed by atoms with Crippen molar-refractivity contribution in [1.29, 1.82) is 0 Å². The lowest BCUT2D eigenvalue weighted by Crippen LogP contribution is -2.27. The van der Waals surface area contributed by atoms with Crippen LogP contribution < -0.4 is 6.15 Å². The monoisotopic (exact) mass is 285 g/mol. The largest absolute Gasteiger partial charge is 0.344 e. The molecule has 0 saturated heterocycles. The minimum Gasteiger partial charge on any atom is -0.344 e. The van der Waals surface area contributed by atoms with E-state index in [2.05, 4.69) is 67.0 Å². The van der Waals surface area contributed by atoms with Crippen molar-refractivity contribution in [2.24, 2.45) is 0 Å². The van der Waals surface area contributed by atoms with Crippen molar-refractivity contribution in [3.63, 3.8) is 0 Å². The molecule has 0 heterocycles. The number of hydrogen-bond acceptors (Lipinski definition) is 1. The average Bonchev–Trinajstić information content (AvgIpc) is 2.31. The predicted octanol–water partition coefficient (Wildman–Crippen LogP) is 5.30. The summed E-state index contributed by atoms with van der Waals surface area (Å²) in [5.74, 6) is 0.619. The Balaban J connectivity index is 0.00000225. The van der Waals surface area contributed by atoms with E-state index in [0.717, 1.165) is 0 Å². The second kappa shape index (κ2) is 7.08. The molecule has 0 aromatic heterocycles. The Morgan fingerprint density at radius 3 is 1.94 bits per heavy atom. The lowest BCUT2D eigenvalue weighted by molar-refractivity contribution is 0.445. The maximum absolute atomic E-state index is 3.95. The number of benzene rings is 1. The lowest BCUT2D eigenvalue weighted by Gasteiger charge is -2.34. The summed E-state index contributed by atoms with van der Waals surface area (Å²) < 4.78 is 0.267. The van der Waals surface area contributed by atoms with Crippen LogP contribution in [-0.4, -0.2) is 4.32 Å². The molecular weight excluding hydrogens is 262 g/mol. The van der Waals surface area contributed by atoms with Gasteiger partial charge in [0.05, 0.1) is 0 Å². The SMILES string of the molecule is CCC(c1ccccc1)C(Br)(CC)CC.N. The molecule has 0 spiro atoms. The van der Waals surface area contributed by atoms with Crippen molar-refractivity contribution in [1.82, 2.24) is 6.15 Å². The first-order chi connectivity index (χ1) is 7.18. The van der Waals surface area contributed by atoms with Gasteiger partial charge in [-0.2, -0.15) is 0 Å². The zero-order valence-electron chi connectivity index (χ0n) is 10.7. The summed E-state index contributed by atoms with van der Waals surface area (Å²) >= 11 is 3.95. The molecule has 0 radical (unpaired) electrons. The van der Waals surface area contributed by atoms with Gasteiger partial charge in [-0.05, 0) is 30.7 Å². The van der Waals surface area contributed by atoms with Crippen LogP contribution in [0.5, 0.6) is 0 Å². The summed E-state index contributed by atoms with van der Waals surface area (Å²) in [6.45, 7) is 6.81. The molecule has 0 fully saturated rings. The molecule has 0 amide bonds. The topological polar surface area (TPSA) is 35.0 Å². The molecular formula is C14H24BrN. The van der Waals surface area contributed by atoms with Gasteiger partial charge in [0.1, 0.15) is 0 Å². The molecule has 3 N–H and O–H groups in total. The van der Waals surface area contributed by atoms with Crippen molar-refractivity contribution in [3.05, 3.63) is 35.9 Å². The molecule has 1 rings (SSSR count). The average molecular weight is 286 g/mol. The zero-order valence-corrected chi connectivity index (χ0v) is 12.3. The van der Waals surface area contributed by atoms with Gasteiger partial charge in [0.25, 0.3) is 0 Å². The van der Waals surface area contributed by atoms with Crippen LogP contribution in [-0.2, 0) is 0 Å². The molecule has 0 aliphatic heterocycles. The quantitative estimate of drug-likeness (QED) is 0.733. The van der Waals surface area contributed by atoms with Crippen molar-refractivity contribution in [3.8, 4) is 0 Å². The van der Waals surface area contributed by atoms with Crippen molar-refractivity contribution >= 4 is 15.9 Å². The maximum atomic E-state index is 3.95. The third-order valence-electron chi connectivity index (χ3n) is 3.41. The molecule has 0 bridgehead atoms. The third kappa shape index (κ3) is 3.33. The van der Waals surface area contributed by atoms with Gasteiger partial charge in [0, 0.05) is 4.32 Å². The van der Waals surface area contributed by atoms with Crippen LogP contribution in [0.3, 0.4) is 0 Å². The highest BCUT2D eigenvalue weighted by Gasteiger charge is 2.32. The Labute approximate surface area is 108 Å². The minimum atomic E-state index is 0. The van der Waals surface area contributed by atoms with Gasteiger partial charge in [-0.3, -0.25) is 0 Å². The Hall–Kier alpha value is -0.340. The van der Waals surface area contributed by atoms with Gasteiger partial charge in [0.15, 0.2) is 0 Å². The normalized spacial score (nSPS) is 13.0. The lowest BCUT2D eigenvalue weighted by atomic mass is 9.81. The van der Waals surface area contributed by atoms with Gasteiger partial charge in [0.2, 0.25) is 0 Å². The Kier molecular flexibility index (Phi) is 6.93. The van der Waals surface area contributed by atoms with E-state index in [1.54, 1.807) is 0 Å². The van der Waals surface area contributed by atoms with Crippen molar-refractivity contribution < 1.29 is 0 Å². The Morgan fingerprint density at radius 2 is 1.56 bits per heavy atom. The second-order valence-electron chi connectivity index (χ2n) is 4.11. The fraction of sp³-hybridized carbons (Fsp3) is 0.571. The van der Waals surface area contributed by atoms with E-state index in [0.29, 0.717) is 5.92 Å². The summed E-state index contributed by atoms with van der Waals surface area (Å²) in [6.07, 6.45) is 3.55. The van der Waals surface area contributed by atoms with Gasteiger partial charge >= 0.3 is 0 Å². The fourth-order valence-electron chi connectivity index (χ4n) is 2.33. The van der Waals surface area contributed by atoms with Gasteiger partial charge in [-0.25, -0.2) is 0 Å². The summed E-state index contributed by atoms with van der Waals surface area (Å²) in [5, 5.41) is 0. The number of hydrogen-bond donors (Lipinski definition) is 1. The predicted molar refractivity (Wildman–Crippen MR) is 76.7 cm³/mol. The summed E-state index contributed by atoms with van der Waals surface area (Å²) in [6, 6.07) is 10.8. The van der Waals surface area contributed by atoms with Gasteiger partial charge < -0.3 is 6.15 Å². The smallest absolute Gasteiger partial charge is 0.0321 e. The van der Waals surface area contributed by atoms with E-state index in [1.165, 1.54) is 24.8 Å². The highest BCUT2D eigenvalue weighted by atomic mass is 79.9. The van der Waals surface area contributed by atoms with E-state index in [1.807, 2.05) is 0 Å². The first-order valence-electron chi connectivity index (χ1n) is 5.91. The molecule has 1 unspecified atom stereocenters. The molecule has 1 nitrogen and oxygen atoms in total. The summed E-state index contributed by atoms with van der Waals surface area (Å²) in [5.41, 5.74) is 1.46. The zero-order chi connectivity index (χ0) is 11.3. The summed E-state index contributed by atoms with van der Waals surface area (Å²) in [7, 11) is 0. The molecule has 16 heavy (non-hydrogen) atoms. The van der Waals surface area contributed by atoms with Gasteiger partial charge in [-0.1, -0.05) is 67.0 Å². The summed E-state index contributed by atoms with van der Waals surface area (Å²) in [4.78, 5) is 0. The molecule has 1 aromatic rings. The second-order valence-corrected chi connectivity index (χ2v) is 5.69. The molecule has 1 atom stereocenters. The highest BCUT2D eigenvalue weighted by molar-refractivity contribution is 9.10. The van der Waals surface area contributed by atoms with Gasteiger partial charge in [-0.15, -0.1) is 0 Å². The van der Waals surface area contributed by atoms with Crippen LogP contribution in [0.1, 0.15) is 51.5 Å². The van der Waals surface area contributed by atoms with E-state index in [9.17, 15) is 0 Å². The van der Waals surface area contributed by atoms with Crippen LogP contribution in [0, 0.1) is 0 Å². The molecule has 1 aromatic carbocycles. The van der Waals surface area contributed by atoms with E-state index < -0.39 is 0 Å². The van der Waals surface area contributed by atoms with Crippen LogP contribution in [0.4, 0.5) is 0 Å². The van der Waals surface area contributed by atoms with E-state index >= 15 is 0 Å². The number of rotatable bonds is 5. The standard InChI is InChI=1S/C14H21Br.H3N/c1-4-13(14(15,5-2)6-3)12-10-8-7-9-11-12;/h7-11,13H,4-6H2,1-3H3;1H3. The molecule has 0 aliphatic rings. The molecule has 0 aliphatic carbocycles. The minimum absolute atomic E-state index is 0. The Morgan fingerprint density at radius 1 is 1.06 bits per heavy atom. The molecule has 92 valence electrons.